The molecule has 3 aliphatic carbocycles. The first-order valence-corrected chi connectivity index (χ1v) is 11.6. The molecule has 3 unspecified atom stereocenters. The number of hydrogen-bond acceptors (Lipinski definition) is 1. The standard InChI is InChI=1S/C27H18F12O/c1-11-2-3-15(16(28)4-11)12-5-17(29)23(18(30)6-12)13-7-19(31)25(20(32)8-13)27(38,39)40-14-9-21(33)24(22(34)10-14)26(35,36)37/h2-3,5,7,9-10,16,18,20H,4,6,8H2,1H3. The molecule has 0 fully saturated rings. The fourth-order valence-corrected chi connectivity index (χ4v) is 4.72. The number of allylic oxidation sites excluding steroid dienone is 11. The summed E-state index contributed by atoms with van der Waals surface area (Å²) in [5.41, 5.74) is -5.16. The average Bonchev–Trinajstić information content (AvgIpc) is 2.76. The molecule has 4 rings (SSSR count). The zero-order chi connectivity index (χ0) is 29.7. The molecule has 1 aromatic carbocycles. The third-order valence-corrected chi connectivity index (χ3v) is 6.50. The maximum absolute atomic E-state index is 15.0. The van der Waals surface area contributed by atoms with Gasteiger partial charge >= 0.3 is 12.3 Å². The molecule has 3 atom stereocenters. The second-order valence-electron chi connectivity index (χ2n) is 9.39. The zero-order valence-corrected chi connectivity index (χ0v) is 20.3. The molecule has 1 nitrogen and oxygen atoms in total. The Morgan fingerprint density at radius 2 is 1.30 bits per heavy atom. The fourth-order valence-electron chi connectivity index (χ4n) is 4.72. The number of halogens is 12. The summed E-state index contributed by atoms with van der Waals surface area (Å²) in [7, 11) is 0. The van der Waals surface area contributed by atoms with Crippen LogP contribution in [-0.2, 0) is 6.18 Å². The van der Waals surface area contributed by atoms with Crippen molar-refractivity contribution in [1.29, 1.82) is 0 Å². The molecule has 1 aromatic rings. The topological polar surface area (TPSA) is 9.23 Å². The van der Waals surface area contributed by atoms with Crippen molar-refractivity contribution in [2.45, 2.75) is 57.0 Å². The lowest BCUT2D eigenvalue weighted by molar-refractivity contribution is -0.151. The Balaban J connectivity index is 1.65. The third kappa shape index (κ3) is 5.73. The lowest BCUT2D eigenvalue weighted by Gasteiger charge is -2.30. The van der Waals surface area contributed by atoms with Crippen LogP contribution in [0.1, 0.15) is 31.7 Å². The van der Waals surface area contributed by atoms with E-state index < -0.39 is 95.0 Å². The molecule has 13 heteroatoms. The first kappa shape index (κ1) is 29.6. The molecule has 3 aliphatic rings. The number of hydrogen-bond donors (Lipinski definition) is 0. The van der Waals surface area contributed by atoms with Gasteiger partial charge in [0.25, 0.3) is 0 Å². The molecule has 0 spiro atoms. The first-order chi connectivity index (χ1) is 18.5. The minimum Gasteiger partial charge on any atom is -0.429 e. The van der Waals surface area contributed by atoms with Gasteiger partial charge < -0.3 is 4.74 Å². The van der Waals surface area contributed by atoms with Gasteiger partial charge in [-0.2, -0.15) is 22.0 Å². The number of rotatable bonds is 5. The van der Waals surface area contributed by atoms with E-state index in [1.165, 1.54) is 6.08 Å². The summed E-state index contributed by atoms with van der Waals surface area (Å²) in [6.45, 7) is 1.67. The van der Waals surface area contributed by atoms with Gasteiger partial charge in [-0.15, -0.1) is 0 Å². The van der Waals surface area contributed by atoms with Crippen molar-refractivity contribution in [3.05, 3.63) is 98.7 Å². The van der Waals surface area contributed by atoms with Crippen LogP contribution in [0.2, 0.25) is 0 Å². The molecular formula is C27H18F12O. The molecule has 0 saturated heterocycles. The number of ether oxygens (including phenoxy) is 1. The summed E-state index contributed by atoms with van der Waals surface area (Å²) < 4.78 is 173. The SMILES string of the molecule is CC1=CC=C(C2=CC(F)=C(C3=CC(F)=C(C(F)(F)Oc4cc(F)c(C(F)(F)F)c(F)c4)C(F)C3)C(F)C2)C(F)C1. The van der Waals surface area contributed by atoms with Crippen molar-refractivity contribution in [3.63, 3.8) is 0 Å². The van der Waals surface area contributed by atoms with Crippen molar-refractivity contribution in [1.82, 2.24) is 0 Å². The Morgan fingerprint density at radius 1 is 0.725 bits per heavy atom. The Labute approximate surface area is 219 Å². The third-order valence-electron chi connectivity index (χ3n) is 6.50. The molecule has 216 valence electrons. The highest BCUT2D eigenvalue weighted by Crippen LogP contribution is 2.45. The van der Waals surface area contributed by atoms with Crippen molar-refractivity contribution in [2.75, 3.05) is 0 Å². The maximum Gasteiger partial charge on any atom is 0.428 e. The predicted octanol–water partition coefficient (Wildman–Crippen LogP) is 9.35. The first-order valence-electron chi connectivity index (χ1n) is 11.6. The summed E-state index contributed by atoms with van der Waals surface area (Å²) in [6, 6.07) is -0.480. The van der Waals surface area contributed by atoms with Gasteiger partial charge in [-0.3, -0.25) is 0 Å². The van der Waals surface area contributed by atoms with Crippen LogP contribution in [-0.4, -0.2) is 24.6 Å². The van der Waals surface area contributed by atoms with Crippen LogP contribution in [0, 0.1) is 11.6 Å². The lowest BCUT2D eigenvalue weighted by Crippen LogP contribution is -2.35. The Kier molecular flexibility index (Phi) is 7.81. The van der Waals surface area contributed by atoms with Crippen molar-refractivity contribution in [3.8, 4) is 5.75 Å². The summed E-state index contributed by atoms with van der Waals surface area (Å²) in [5.74, 6) is -9.45. The van der Waals surface area contributed by atoms with Gasteiger partial charge in [0.05, 0.1) is 0 Å². The molecule has 0 N–H and O–H groups in total. The Morgan fingerprint density at radius 3 is 1.82 bits per heavy atom. The van der Waals surface area contributed by atoms with Crippen LogP contribution in [0.3, 0.4) is 0 Å². The number of benzene rings is 1. The van der Waals surface area contributed by atoms with E-state index in [4.69, 9.17) is 0 Å². The quantitative estimate of drug-likeness (QED) is 0.313. The normalized spacial score (nSPS) is 24.5. The van der Waals surface area contributed by atoms with Gasteiger partial charge in [0, 0.05) is 37.0 Å². The van der Waals surface area contributed by atoms with E-state index in [9.17, 15) is 48.3 Å². The lowest BCUT2D eigenvalue weighted by atomic mass is 9.81. The summed E-state index contributed by atoms with van der Waals surface area (Å²) in [5, 5.41) is 0. The van der Waals surface area contributed by atoms with E-state index in [1.807, 2.05) is 0 Å². The molecular weight excluding hydrogens is 568 g/mol. The average molecular weight is 586 g/mol. The Hall–Kier alpha value is -3.38. The fraction of sp³-hybridized carbons (Fsp3) is 0.333. The molecule has 0 bridgehead atoms. The Bertz CT molecular complexity index is 1380. The zero-order valence-electron chi connectivity index (χ0n) is 20.3. The van der Waals surface area contributed by atoms with Crippen LogP contribution in [0.15, 0.2) is 81.5 Å². The molecule has 0 aromatic heterocycles. The molecule has 0 amide bonds. The largest absolute Gasteiger partial charge is 0.429 e. The molecule has 0 aliphatic heterocycles. The van der Waals surface area contributed by atoms with Crippen LogP contribution < -0.4 is 4.74 Å². The van der Waals surface area contributed by atoms with E-state index in [0.717, 1.165) is 6.08 Å². The summed E-state index contributed by atoms with van der Waals surface area (Å²) >= 11 is 0. The van der Waals surface area contributed by atoms with E-state index >= 15 is 4.39 Å². The monoisotopic (exact) mass is 586 g/mol. The number of alkyl halides is 8. The summed E-state index contributed by atoms with van der Waals surface area (Å²) in [4.78, 5) is 0. The van der Waals surface area contributed by atoms with Gasteiger partial charge in [-0.05, 0) is 35.8 Å². The minimum atomic E-state index is -5.51. The minimum absolute atomic E-state index is 0.00776. The van der Waals surface area contributed by atoms with Gasteiger partial charge in [-0.1, -0.05) is 17.7 Å². The van der Waals surface area contributed by atoms with Gasteiger partial charge in [0.2, 0.25) is 0 Å². The highest BCUT2D eigenvalue weighted by atomic mass is 19.4. The van der Waals surface area contributed by atoms with Crippen LogP contribution in [0.25, 0.3) is 0 Å². The van der Waals surface area contributed by atoms with Gasteiger partial charge in [0.15, 0.2) is 0 Å². The van der Waals surface area contributed by atoms with E-state index in [1.54, 1.807) is 13.0 Å². The van der Waals surface area contributed by atoms with Crippen molar-refractivity contribution < 1.29 is 57.4 Å². The van der Waals surface area contributed by atoms with Crippen LogP contribution in [0.4, 0.5) is 52.7 Å². The predicted molar refractivity (Wildman–Crippen MR) is 120 cm³/mol. The second-order valence-corrected chi connectivity index (χ2v) is 9.39. The molecule has 0 radical (unpaired) electrons. The van der Waals surface area contributed by atoms with Crippen molar-refractivity contribution >= 4 is 0 Å². The van der Waals surface area contributed by atoms with E-state index in [-0.39, 0.29) is 35.8 Å². The molecule has 0 heterocycles. The summed E-state index contributed by atoms with van der Waals surface area (Å²) in [6.07, 6.45) is -14.9. The maximum atomic E-state index is 15.0. The van der Waals surface area contributed by atoms with E-state index in [0.29, 0.717) is 5.57 Å². The van der Waals surface area contributed by atoms with E-state index in [2.05, 4.69) is 4.74 Å². The smallest absolute Gasteiger partial charge is 0.428 e. The highest BCUT2D eigenvalue weighted by Gasteiger charge is 2.48. The van der Waals surface area contributed by atoms with Gasteiger partial charge in [0.1, 0.15) is 58.7 Å². The van der Waals surface area contributed by atoms with Crippen LogP contribution in [0.5, 0.6) is 5.75 Å². The second kappa shape index (κ2) is 10.5. The molecule has 40 heavy (non-hydrogen) atoms. The van der Waals surface area contributed by atoms with Crippen molar-refractivity contribution in [2.24, 2.45) is 0 Å². The highest BCUT2D eigenvalue weighted by molar-refractivity contribution is 5.54. The van der Waals surface area contributed by atoms with Crippen LogP contribution >= 0.6 is 0 Å². The van der Waals surface area contributed by atoms with Gasteiger partial charge in [-0.25, -0.2) is 30.7 Å². The molecule has 0 saturated carbocycles.